The van der Waals surface area contributed by atoms with Gasteiger partial charge in [0.15, 0.2) is 0 Å². The van der Waals surface area contributed by atoms with Gasteiger partial charge in [-0.2, -0.15) is 13.2 Å². The van der Waals surface area contributed by atoms with Crippen molar-refractivity contribution in [3.8, 4) is 0 Å². The number of hydrogen-bond acceptors (Lipinski definition) is 3. The van der Waals surface area contributed by atoms with E-state index in [1.54, 1.807) is 0 Å². The predicted molar refractivity (Wildman–Crippen MR) is 123 cm³/mol. The Hall–Kier alpha value is -4.14. The molecule has 0 spiro atoms. The number of urea groups is 1. The van der Waals surface area contributed by atoms with Crippen LogP contribution in [-0.4, -0.2) is 34.8 Å². The van der Waals surface area contributed by atoms with Crippen LogP contribution in [0.4, 0.5) is 23.7 Å². The monoisotopic (exact) mass is 481 g/mol. The first-order valence-corrected chi connectivity index (χ1v) is 10.9. The predicted octanol–water partition coefficient (Wildman–Crippen LogP) is 4.42. The Balaban J connectivity index is 1.54. The minimum Gasteiger partial charge on any atom is -0.325 e. The van der Waals surface area contributed by atoms with Crippen molar-refractivity contribution in [2.75, 3.05) is 11.9 Å². The Morgan fingerprint density at radius 3 is 1.97 bits per heavy atom. The summed E-state index contributed by atoms with van der Waals surface area (Å²) in [5, 5.41) is 5.11. The van der Waals surface area contributed by atoms with Crippen LogP contribution < -0.4 is 10.6 Å². The van der Waals surface area contributed by atoms with E-state index in [9.17, 15) is 27.6 Å². The number of rotatable bonds is 7. The molecule has 6 nitrogen and oxygen atoms in total. The lowest BCUT2D eigenvalue weighted by atomic mass is 9.84. The Bertz CT molecular complexity index is 1190. The molecule has 0 unspecified atom stereocenters. The number of alkyl halides is 3. The number of amides is 4. The molecule has 0 bridgehead atoms. The summed E-state index contributed by atoms with van der Waals surface area (Å²) in [7, 11) is 0. The van der Waals surface area contributed by atoms with Crippen LogP contribution in [-0.2, 0) is 28.6 Å². The van der Waals surface area contributed by atoms with E-state index < -0.39 is 41.7 Å². The molecule has 0 saturated carbocycles. The van der Waals surface area contributed by atoms with Crippen molar-refractivity contribution in [2.24, 2.45) is 0 Å². The van der Waals surface area contributed by atoms with E-state index in [1.165, 1.54) is 6.07 Å². The van der Waals surface area contributed by atoms with Crippen LogP contribution in [0.5, 0.6) is 0 Å². The fraction of sp³-hybridized carbons (Fsp3) is 0.192. The molecule has 3 aromatic rings. The molecular weight excluding hydrogens is 459 g/mol. The highest BCUT2D eigenvalue weighted by Crippen LogP contribution is 2.31. The highest BCUT2D eigenvalue weighted by atomic mass is 19.4. The third kappa shape index (κ3) is 5.51. The van der Waals surface area contributed by atoms with E-state index >= 15 is 0 Å². The Morgan fingerprint density at radius 2 is 1.43 bits per heavy atom. The lowest BCUT2D eigenvalue weighted by Crippen LogP contribution is -2.51. The fourth-order valence-corrected chi connectivity index (χ4v) is 4.13. The highest BCUT2D eigenvalue weighted by molar-refractivity contribution is 6.10. The van der Waals surface area contributed by atoms with Gasteiger partial charge in [-0.3, -0.25) is 14.5 Å². The van der Waals surface area contributed by atoms with Gasteiger partial charge >= 0.3 is 12.2 Å². The first-order chi connectivity index (χ1) is 16.7. The second kappa shape index (κ2) is 9.61. The second-order valence-electron chi connectivity index (χ2n) is 8.36. The number of hydrogen-bond donors (Lipinski definition) is 2. The van der Waals surface area contributed by atoms with Gasteiger partial charge in [-0.1, -0.05) is 66.7 Å². The van der Waals surface area contributed by atoms with Gasteiger partial charge in [0.25, 0.3) is 5.91 Å². The number of benzene rings is 3. The van der Waals surface area contributed by atoms with Gasteiger partial charge in [-0.15, -0.1) is 0 Å². The number of halogens is 3. The molecule has 1 aliphatic rings. The number of nitrogens with one attached hydrogen (secondary N) is 2. The van der Waals surface area contributed by atoms with E-state index in [4.69, 9.17) is 0 Å². The van der Waals surface area contributed by atoms with E-state index in [0.717, 1.165) is 34.2 Å². The average Bonchev–Trinajstić information content (AvgIpc) is 3.04. The molecule has 35 heavy (non-hydrogen) atoms. The quantitative estimate of drug-likeness (QED) is 0.491. The van der Waals surface area contributed by atoms with E-state index in [1.807, 2.05) is 60.7 Å². The summed E-state index contributed by atoms with van der Waals surface area (Å²) in [6.45, 7) is -0.633. The van der Waals surface area contributed by atoms with Gasteiger partial charge in [0.1, 0.15) is 12.1 Å². The average molecular weight is 481 g/mol. The Kier molecular flexibility index (Phi) is 6.59. The number of carbonyl (C=O) groups is 3. The summed E-state index contributed by atoms with van der Waals surface area (Å²) in [6, 6.07) is 21.8. The molecule has 1 fully saturated rings. The van der Waals surface area contributed by atoms with Crippen LogP contribution in [0.1, 0.15) is 16.7 Å². The Labute approximate surface area is 199 Å². The molecule has 4 amide bonds. The van der Waals surface area contributed by atoms with Gasteiger partial charge in [-0.25, -0.2) is 4.79 Å². The number of anilines is 1. The lowest BCUT2D eigenvalue weighted by Gasteiger charge is -2.27. The zero-order valence-corrected chi connectivity index (χ0v) is 18.5. The van der Waals surface area contributed by atoms with Crippen molar-refractivity contribution in [3.05, 3.63) is 102 Å². The van der Waals surface area contributed by atoms with Gasteiger partial charge in [0, 0.05) is 18.5 Å². The van der Waals surface area contributed by atoms with E-state index in [-0.39, 0.29) is 18.5 Å². The molecular formula is C26H22F3N3O3. The maximum absolute atomic E-state index is 13.5. The summed E-state index contributed by atoms with van der Waals surface area (Å²) in [5.74, 6) is -1.36. The zero-order valence-electron chi connectivity index (χ0n) is 18.5. The molecule has 1 saturated heterocycles. The summed E-state index contributed by atoms with van der Waals surface area (Å²) in [6.07, 6.45) is -4.15. The fourth-order valence-electron chi connectivity index (χ4n) is 4.13. The molecule has 4 rings (SSSR count). The van der Waals surface area contributed by atoms with Gasteiger partial charge in [0.05, 0.1) is 5.56 Å². The van der Waals surface area contributed by atoms with E-state index in [2.05, 4.69) is 10.6 Å². The van der Waals surface area contributed by atoms with Gasteiger partial charge in [0.2, 0.25) is 5.91 Å². The highest BCUT2D eigenvalue weighted by Gasteiger charge is 2.51. The smallest absolute Gasteiger partial charge is 0.325 e. The number of carbonyl (C=O) groups excluding carboxylic acids is 3. The molecule has 0 radical (unpaired) electrons. The number of imide groups is 1. The minimum absolute atomic E-state index is 0.0864. The van der Waals surface area contributed by atoms with E-state index in [0.29, 0.717) is 0 Å². The van der Waals surface area contributed by atoms with Crippen LogP contribution in [0.25, 0.3) is 0 Å². The molecule has 0 aliphatic carbocycles. The first kappa shape index (κ1) is 24.0. The third-order valence-electron chi connectivity index (χ3n) is 5.72. The normalized spacial score (nSPS) is 15.1. The summed E-state index contributed by atoms with van der Waals surface area (Å²) in [4.78, 5) is 39.7. The number of nitrogens with zero attached hydrogens (tertiary/aromatic N) is 1. The standard InChI is InChI=1S/C26H22F3N3O3/c27-26(28,29)20-12-7-13-21(14-20)30-22(33)17-32-23(34)25(31-24(32)35,15-18-8-3-1-4-9-18)16-19-10-5-2-6-11-19/h1-14H,15-17H2,(H,30,33)(H,31,35). The molecule has 1 aliphatic heterocycles. The van der Waals surface area contributed by atoms with Crippen molar-refractivity contribution in [2.45, 2.75) is 24.6 Å². The minimum atomic E-state index is -4.57. The SMILES string of the molecule is O=C(CN1C(=O)NC(Cc2ccccc2)(Cc2ccccc2)C1=O)Nc1cccc(C(F)(F)F)c1. The van der Waals surface area contributed by atoms with Crippen LogP contribution in [0.2, 0.25) is 0 Å². The lowest BCUT2D eigenvalue weighted by molar-refractivity contribution is -0.137. The molecule has 2 N–H and O–H groups in total. The molecule has 9 heteroatoms. The summed E-state index contributed by atoms with van der Waals surface area (Å²) < 4.78 is 38.9. The maximum Gasteiger partial charge on any atom is 0.416 e. The van der Waals surface area contributed by atoms with Gasteiger partial charge < -0.3 is 10.6 Å². The van der Waals surface area contributed by atoms with Gasteiger partial charge in [-0.05, 0) is 29.3 Å². The first-order valence-electron chi connectivity index (χ1n) is 10.9. The maximum atomic E-state index is 13.5. The Morgan fingerprint density at radius 1 is 0.857 bits per heavy atom. The van der Waals surface area contributed by atoms with Crippen LogP contribution in [0, 0.1) is 0 Å². The molecule has 180 valence electrons. The van der Waals surface area contributed by atoms with Crippen molar-refractivity contribution in [1.82, 2.24) is 10.2 Å². The van der Waals surface area contributed by atoms with Crippen LogP contribution in [0.15, 0.2) is 84.9 Å². The summed E-state index contributed by atoms with van der Waals surface area (Å²) in [5.41, 5.74) is -0.664. The van der Waals surface area contributed by atoms with Crippen molar-refractivity contribution in [3.63, 3.8) is 0 Å². The van der Waals surface area contributed by atoms with Crippen LogP contribution >= 0.6 is 0 Å². The topological polar surface area (TPSA) is 78.5 Å². The van der Waals surface area contributed by atoms with Crippen LogP contribution in [0.3, 0.4) is 0 Å². The summed E-state index contributed by atoms with van der Waals surface area (Å²) >= 11 is 0. The van der Waals surface area contributed by atoms with Crippen molar-refractivity contribution >= 4 is 23.5 Å². The third-order valence-corrected chi connectivity index (χ3v) is 5.72. The largest absolute Gasteiger partial charge is 0.416 e. The van der Waals surface area contributed by atoms with Crippen molar-refractivity contribution in [1.29, 1.82) is 0 Å². The second-order valence-corrected chi connectivity index (χ2v) is 8.36. The molecule has 1 heterocycles. The van der Waals surface area contributed by atoms with Crippen molar-refractivity contribution < 1.29 is 27.6 Å². The zero-order chi connectivity index (χ0) is 25.1. The molecule has 0 atom stereocenters. The molecule has 3 aromatic carbocycles. The molecule has 0 aromatic heterocycles.